The van der Waals surface area contributed by atoms with Crippen LogP contribution in [-0.2, 0) is 9.53 Å². The van der Waals surface area contributed by atoms with Crippen LogP contribution in [0.1, 0.15) is 53.4 Å². The van der Waals surface area contributed by atoms with E-state index in [-0.39, 0.29) is 17.5 Å². The summed E-state index contributed by atoms with van der Waals surface area (Å²) < 4.78 is 5.40. The number of allylic oxidation sites excluding steroid dienone is 2. The first-order chi connectivity index (χ1) is 8.83. The van der Waals surface area contributed by atoms with E-state index in [0.717, 1.165) is 12.8 Å². The molecule has 19 heavy (non-hydrogen) atoms. The van der Waals surface area contributed by atoms with Crippen molar-refractivity contribution in [3.05, 3.63) is 23.8 Å². The van der Waals surface area contributed by atoms with Gasteiger partial charge in [-0.15, -0.1) is 0 Å². The molecule has 0 aromatic heterocycles. The molecule has 2 rings (SSSR count). The van der Waals surface area contributed by atoms with Gasteiger partial charge in [-0.05, 0) is 55.9 Å². The van der Waals surface area contributed by atoms with Gasteiger partial charge in [0.2, 0.25) is 0 Å². The lowest BCUT2D eigenvalue weighted by Gasteiger charge is -2.48. The highest BCUT2D eigenvalue weighted by molar-refractivity contribution is 5.66. The second-order valence-electron chi connectivity index (χ2n) is 6.68. The number of fused-ring (bicyclic) bond motifs is 1. The Morgan fingerprint density at radius 2 is 2.16 bits per heavy atom. The minimum absolute atomic E-state index is 0.0167. The topological polar surface area (TPSA) is 26.3 Å². The first-order valence-corrected chi connectivity index (χ1v) is 7.36. The van der Waals surface area contributed by atoms with Gasteiger partial charge in [0.15, 0.2) is 0 Å². The molecule has 2 aliphatic rings. The third-order valence-corrected chi connectivity index (χ3v) is 5.24. The predicted octanol–water partition coefficient (Wildman–Crippen LogP) is 4.27. The van der Waals surface area contributed by atoms with Crippen LogP contribution in [-0.4, -0.2) is 12.1 Å². The lowest BCUT2D eigenvalue weighted by molar-refractivity contribution is -0.145. The summed E-state index contributed by atoms with van der Waals surface area (Å²) >= 11 is 0. The van der Waals surface area contributed by atoms with Crippen LogP contribution in [0.5, 0.6) is 0 Å². The van der Waals surface area contributed by atoms with E-state index in [4.69, 9.17) is 4.74 Å². The largest absolute Gasteiger partial charge is 0.458 e. The Labute approximate surface area is 116 Å². The Morgan fingerprint density at radius 1 is 1.47 bits per heavy atom. The maximum absolute atomic E-state index is 11.1. The Hall–Kier alpha value is -1.05. The summed E-state index contributed by atoms with van der Waals surface area (Å²) in [4.78, 5) is 11.1. The van der Waals surface area contributed by atoms with Gasteiger partial charge >= 0.3 is 5.97 Å². The highest BCUT2D eigenvalue weighted by Crippen LogP contribution is 2.53. The van der Waals surface area contributed by atoms with Crippen molar-refractivity contribution in [1.29, 1.82) is 0 Å². The molecule has 0 heterocycles. The van der Waals surface area contributed by atoms with Crippen LogP contribution < -0.4 is 0 Å². The summed E-state index contributed by atoms with van der Waals surface area (Å²) in [6.07, 6.45) is 6.66. The number of rotatable bonds is 2. The molecule has 0 spiro atoms. The zero-order chi connectivity index (χ0) is 14.2. The van der Waals surface area contributed by atoms with Crippen LogP contribution in [0.3, 0.4) is 0 Å². The van der Waals surface area contributed by atoms with Crippen molar-refractivity contribution in [3.8, 4) is 0 Å². The molecule has 0 radical (unpaired) electrons. The zero-order valence-electron chi connectivity index (χ0n) is 12.7. The van der Waals surface area contributed by atoms with Crippen LogP contribution in [0.15, 0.2) is 23.8 Å². The third-order valence-electron chi connectivity index (χ3n) is 5.24. The van der Waals surface area contributed by atoms with Crippen molar-refractivity contribution in [2.24, 2.45) is 17.3 Å². The normalized spacial score (nSPS) is 38.1. The fourth-order valence-electron chi connectivity index (χ4n) is 3.77. The number of ether oxygens (including phenoxy) is 1. The molecule has 0 N–H and O–H groups in total. The van der Waals surface area contributed by atoms with Gasteiger partial charge in [0.1, 0.15) is 6.10 Å². The van der Waals surface area contributed by atoms with Gasteiger partial charge in [0.05, 0.1) is 0 Å². The van der Waals surface area contributed by atoms with E-state index >= 15 is 0 Å². The van der Waals surface area contributed by atoms with Crippen LogP contribution in [0.25, 0.3) is 0 Å². The second-order valence-corrected chi connectivity index (χ2v) is 6.68. The molecule has 0 bridgehead atoms. The molecule has 0 aliphatic heterocycles. The highest BCUT2D eigenvalue weighted by Gasteiger charge is 2.44. The van der Waals surface area contributed by atoms with Crippen molar-refractivity contribution in [2.45, 2.75) is 59.5 Å². The molecule has 0 aromatic rings. The van der Waals surface area contributed by atoms with E-state index in [0.29, 0.717) is 11.8 Å². The summed E-state index contributed by atoms with van der Waals surface area (Å²) in [5, 5.41) is 0. The maximum Gasteiger partial charge on any atom is 0.303 e. The van der Waals surface area contributed by atoms with E-state index < -0.39 is 0 Å². The molecule has 2 heteroatoms. The van der Waals surface area contributed by atoms with Gasteiger partial charge in [0.25, 0.3) is 0 Å². The smallest absolute Gasteiger partial charge is 0.303 e. The molecule has 1 fully saturated rings. The molecule has 0 amide bonds. The van der Waals surface area contributed by atoms with Crippen molar-refractivity contribution < 1.29 is 9.53 Å². The summed E-state index contributed by atoms with van der Waals surface area (Å²) in [6, 6.07) is 0. The quantitative estimate of drug-likeness (QED) is 0.549. The van der Waals surface area contributed by atoms with E-state index in [1.807, 2.05) is 0 Å². The number of hydrogen-bond donors (Lipinski definition) is 0. The van der Waals surface area contributed by atoms with Crippen LogP contribution in [0.4, 0.5) is 0 Å². The summed E-state index contributed by atoms with van der Waals surface area (Å²) in [7, 11) is 0. The monoisotopic (exact) mass is 262 g/mol. The molecule has 2 nitrogen and oxygen atoms in total. The summed E-state index contributed by atoms with van der Waals surface area (Å²) in [5.41, 5.74) is 3.07. The molecule has 4 atom stereocenters. The average molecular weight is 262 g/mol. The average Bonchev–Trinajstić information content (AvgIpc) is 2.29. The van der Waals surface area contributed by atoms with E-state index in [1.54, 1.807) is 0 Å². The Morgan fingerprint density at radius 3 is 2.74 bits per heavy atom. The molecule has 106 valence electrons. The number of hydrogen-bond acceptors (Lipinski definition) is 2. The lowest BCUT2D eigenvalue weighted by atomic mass is 9.57. The molecular weight excluding hydrogens is 236 g/mol. The van der Waals surface area contributed by atoms with Gasteiger partial charge in [-0.2, -0.15) is 0 Å². The molecule has 4 unspecified atom stereocenters. The zero-order valence-corrected chi connectivity index (χ0v) is 12.7. The van der Waals surface area contributed by atoms with E-state index in [1.165, 1.54) is 30.9 Å². The minimum atomic E-state index is -0.173. The Kier molecular flexibility index (Phi) is 3.89. The van der Waals surface area contributed by atoms with E-state index in [9.17, 15) is 4.79 Å². The molecule has 1 saturated carbocycles. The van der Waals surface area contributed by atoms with Crippen LogP contribution in [0.2, 0.25) is 0 Å². The van der Waals surface area contributed by atoms with Gasteiger partial charge in [-0.3, -0.25) is 4.79 Å². The van der Waals surface area contributed by atoms with Crippen molar-refractivity contribution in [1.82, 2.24) is 0 Å². The minimum Gasteiger partial charge on any atom is -0.458 e. The van der Waals surface area contributed by atoms with Gasteiger partial charge in [-0.1, -0.05) is 31.6 Å². The Balaban J connectivity index is 2.21. The van der Waals surface area contributed by atoms with Gasteiger partial charge < -0.3 is 4.74 Å². The maximum atomic E-state index is 11.1. The van der Waals surface area contributed by atoms with Gasteiger partial charge in [0, 0.05) is 6.92 Å². The number of carbonyl (C=O) groups excluding carboxylic acids is 1. The first-order valence-electron chi connectivity index (χ1n) is 7.36. The second kappa shape index (κ2) is 5.15. The Bertz CT molecular complexity index is 421. The molecule has 2 aliphatic carbocycles. The summed E-state index contributed by atoms with van der Waals surface area (Å²) in [5.74, 6) is 1.03. The van der Waals surface area contributed by atoms with Crippen LogP contribution in [0, 0.1) is 17.3 Å². The molecule has 0 saturated heterocycles. The van der Waals surface area contributed by atoms with Crippen molar-refractivity contribution in [2.75, 3.05) is 0 Å². The fourth-order valence-corrected chi connectivity index (χ4v) is 3.77. The van der Waals surface area contributed by atoms with Gasteiger partial charge in [-0.25, -0.2) is 0 Å². The highest BCUT2D eigenvalue weighted by atomic mass is 16.5. The number of carbonyl (C=O) groups is 1. The fraction of sp³-hybridized carbons (Fsp3) is 0.706. The molecular formula is C17H26O2. The lowest BCUT2D eigenvalue weighted by Crippen LogP contribution is -2.40. The SMILES string of the molecule is C=C(C)C1CCC2=CC(OC(C)=O)CC(C)C2(C)C1. The van der Waals surface area contributed by atoms with Crippen molar-refractivity contribution >= 4 is 5.97 Å². The number of esters is 1. The first kappa shape index (κ1) is 14.4. The van der Waals surface area contributed by atoms with E-state index in [2.05, 4.69) is 33.4 Å². The predicted molar refractivity (Wildman–Crippen MR) is 77.7 cm³/mol. The van der Waals surface area contributed by atoms with Crippen LogP contribution >= 0.6 is 0 Å². The third kappa shape index (κ3) is 2.77. The summed E-state index contributed by atoms with van der Waals surface area (Å²) in [6.45, 7) is 12.5. The standard InChI is InChI=1S/C17H26O2/c1-11(2)14-6-7-15-9-16(19-13(4)18)8-12(3)17(15,5)10-14/h9,12,14,16H,1,6-8,10H2,2-5H3. The van der Waals surface area contributed by atoms with Crippen molar-refractivity contribution in [3.63, 3.8) is 0 Å². The molecule has 0 aromatic carbocycles.